The van der Waals surface area contributed by atoms with Crippen LogP contribution in [-0.4, -0.2) is 65.6 Å². The molecule has 0 bridgehead atoms. The maximum Gasteiger partial charge on any atom is 0.439 e. The first-order valence-electron chi connectivity index (χ1n) is 16.1. The zero-order valence-corrected chi connectivity index (χ0v) is 25.7. The number of aromatic amines is 1. The molecule has 0 aromatic carbocycles. The van der Waals surface area contributed by atoms with Gasteiger partial charge in [-0.1, -0.05) is 36.5 Å². The van der Waals surface area contributed by atoms with Crippen molar-refractivity contribution in [1.29, 1.82) is 0 Å². The van der Waals surface area contributed by atoms with Crippen LogP contribution in [-0.2, 0) is 11.3 Å². The standard InChI is InChI=1S/C32H37ClN8O3/c1-18-5-7-19(8-6-18)17-41-28-23(14-24(29-37-32(43)44-38-29)35-27(28)21-13-22(33)16-34-15-21)36-31(41)40-12-11-39(30(42)20-9-10-20)25-3-2-4-26(25)40/h13-16,18-20,25-26H,2-12,17H2,1H3,(H,37,38,43)/t18?,19?,25-,26-/m1/s1. The maximum atomic E-state index is 13.3. The number of nitrogens with zero attached hydrogens (tertiary/aromatic N) is 7. The Hall–Kier alpha value is -3.73. The van der Waals surface area contributed by atoms with E-state index >= 15 is 0 Å². The van der Waals surface area contributed by atoms with Crippen LogP contribution in [0.2, 0.25) is 5.02 Å². The molecule has 230 valence electrons. The predicted octanol–water partition coefficient (Wildman–Crippen LogP) is 5.30. The van der Waals surface area contributed by atoms with E-state index in [0.717, 1.165) is 80.2 Å². The summed E-state index contributed by atoms with van der Waals surface area (Å²) in [4.78, 5) is 47.2. The van der Waals surface area contributed by atoms with Crippen LogP contribution in [0.1, 0.15) is 64.7 Å². The average Bonchev–Trinajstić information content (AvgIpc) is 3.41. The predicted molar refractivity (Wildman–Crippen MR) is 166 cm³/mol. The number of anilines is 1. The lowest BCUT2D eigenvalue weighted by molar-refractivity contribution is -0.135. The van der Waals surface area contributed by atoms with Gasteiger partial charge in [-0.3, -0.25) is 19.3 Å². The molecule has 3 saturated carbocycles. The maximum absolute atomic E-state index is 13.3. The Morgan fingerprint density at radius 2 is 1.84 bits per heavy atom. The summed E-state index contributed by atoms with van der Waals surface area (Å²) in [5.41, 5.74) is 3.59. The van der Waals surface area contributed by atoms with Crippen molar-refractivity contribution in [3.63, 3.8) is 0 Å². The normalized spacial score (nSPS) is 25.5. The highest BCUT2D eigenvalue weighted by atomic mass is 35.5. The Morgan fingerprint density at radius 1 is 1.02 bits per heavy atom. The van der Waals surface area contributed by atoms with Crippen LogP contribution in [0.15, 0.2) is 33.8 Å². The molecule has 0 unspecified atom stereocenters. The Labute approximate surface area is 260 Å². The lowest BCUT2D eigenvalue weighted by atomic mass is 9.83. The van der Waals surface area contributed by atoms with Gasteiger partial charge in [-0.25, -0.2) is 14.8 Å². The van der Waals surface area contributed by atoms with Crippen LogP contribution >= 0.6 is 11.6 Å². The lowest BCUT2D eigenvalue weighted by Crippen LogP contribution is -2.60. The Balaban J connectivity index is 1.29. The van der Waals surface area contributed by atoms with Crippen LogP contribution < -0.4 is 10.7 Å². The van der Waals surface area contributed by atoms with E-state index in [0.29, 0.717) is 28.2 Å². The highest BCUT2D eigenvalue weighted by molar-refractivity contribution is 6.30. The van der Waals surface area contributed by atoms with Gasteiger partial charge >= 0.3 is 5.76 Å². The van der Waals surface area contributed by atoms with E-state index in [1.165, 1.54) is 25.7 Å². The van der Waals surface area contributed by atoms with E-state index < -0.39 is 5.76 Å². The smallest absolute Gasteiger partial charge is 0.336 e. The molecule has 0 radical (unpaired) electrons. The summed E-state index contributed by atoms with van der Waals surface area (Å²) in [7, 11) is 0. The van der Waals surface area contributed by atoms with E-state index in [4.69, 9.17) is 26.1 Å². The monoisotopic (exact) mass is 616 g/mol. The van der Waals surface area contributed by atoms with Gasteiger partial charge in [0.15, 0.2) is 0 Å². The van der Waals surface area contributed by atoms with Gasteiger partial charge in [0.25, 0.3) is 0 Å². The summed E-state index contributed by atoms with van der Waals surface area (Å²) in [6.07, 6.45) is 13.4. The number of nitrogens with one attached hydrogen (secondary N) is 1. The molecular formula is C32H37ClN8O3. The molecule has 44 heavy (non-hydrogen) atoms. The van der Waals surface area contributed by atoms with Crippen molar-refractivity contribution in [3.05, 3.63) is 40.1 Å². The molecular weight excluding hydrogens is 580 g/mol. The molecule has 8 rings (SSSR count). The molecule has 4 fully saturated rings. The number of fused-ring (bicyclic) bond motifs is 2. The van der Waals surface area contributed by atoms with Crippen LogP contribution in [0, 0.1) is 17.8 Å². The number of amides is 1. The minimum atomic E-state index is -0.642. The molecule has 4 aromatic heterocycles. The summed E-state index contributed by atoms with van der Waals surface area (Å²) < 4.78 is 7.20. The molecule has 1 amide bonds. The van der Waals surface area contributed by atoms with Crippen molar-refractivity contribution in [2.75, 3.05) is 18.0 Å². The third-order valence-electron chi connectivity index (χ3n) is 10.2. The molecule has 3 aliphatic carbocycles. The van der Waals surface area contributed by atoms with Crippen LogP contribution in [0.3, 0.4) is 0 Å². The molecule has 1 aliphatic heterocycles. The second-order valence-electron chi connectivity index (χ2n) is 13.3. The second kappa shape index (κ2) is 11.0. The zero-order valence-electron chi connectivity index (χ0n) is 24.9. The highest BCUT2D eigenvalue weighted by Gasteiger charge is 2.46. The van der Waals surface area contributed by atoms with E-state index in [2.05, 4.69) is 36.4 Å². The van der Waals surface area contributed by atoms with Crippen LogP contribution in [0.5, 0.6) is 0 Å². The zero-order chi connectivity index (χ0) is 29.9. The largest absolute Gasteiger partial charge is 0.439 e. The van der Waals surface area contributed by atoms with E-state index in [-0.39, 0.29) is 23.8 Å². The molecule has 12 heteroatoms. The second-order valence-corrected chi connectivity index (χ2v) is 13.7. The first kappa shape index (κ1) is 27.8. The minimum absolute atomic E-state index is 0.214. The van der Waals surface area contributed by atoms with Crippen LogP contribution in [0.25, 0.3) is 33.8 Å². The third kappa shape index (κ3) is 4.98. The van der Waals surface area contributed by atoms with Crippen molar-refractivity contribution in [2.45, 2.75) is 83.3 Å². The van der Waals surface area contributed by atoms with Crippen molar-refractivity contribution in [1.82, 2.24) is 34.6 Å². The lowest BCUT2D eigenvalue weighted by Gasteiger charge is -2.45. The van der Waals surface area contributed by atoms with Crippen molar-refractivity contribution in [3.8, 4) is 22.8 Å². The topological polar surface area (TPSA) is 126 Å². The number of piperazine rings is 1. The molecule has 4 aromatic rings. The molecule has 4 aliphatic rings. The number of rotatable bonds is 6. The summed E-state index contributed by atoms with van der Waals surface area (Å²) in [6, 6.07) is 4.18. The number of carbonyl (C=O) groups excluding carboxylic acids is 1. The van der Waals surface area contributed by atoms with Crippen molar-refractivity contribution >= 4 is 34.5 Å². The van der Waals surface area contributed by atoms with Gasteiger partial charge in [0.2, 0.25) is 17.7 Å². The molecule has 1 N–H and O–H groups in total. The van der Waals surface area contributed by atoms with Crippen molar-refractivity contribution < 1.29 is 9.32 Å². The number of imidazole rings is 1. The van der Waals surface area contributed by atoms with E-state index in [1.807, 2.05) is 12.1 Å². The molecule has 11 nitrogen and oxygen atoms in total. The van der Waals surface area contributed by atoms with Crippen LogP contribution in [0.4, 0.5) is 5.95 Å². The Bertz CT molecular complexity index is 1770. The summed E-state index contributed by atoms with van der Waals surface area (Å²) in [5, 5.41) is 4.43. The number of halogens is 1. The number of carbonyl (C=O) groups is 1. The van der Waals surface area contributed by atoms with Gasteiger partial charge in [-0.15, -0.1) is 0 Å². The Morgan fingerprint density at radius 3 is 2.59 bits per heavy atom. The number of aromatic nitrogens is 6. The molecule has 0 spiro atoms. The summed E-state index contributed by atoms with van der Waals surface area (Å²) >= 11 is 6.44. The number of pyridine rings is 2. The van der Waals surface area contributed by atoms with E-state index in [9.17, 15) is 9.59 Å². The quantitative estimate of drug-likeness (QED) is 0.309. The molecule has 5 heterocycles. The summed E-state index contributed by atoms with van der Waals surface area (Å²) in [5.74, 6) is 2.38. The number of H-pyrrole nitrogens is 1. The fourth-order valence-corrected chi connectivity index (χ4v) is 7.97. The first-order valence-corrected chi connectivity index (χ1v) is 16.5. The first-order chi connectivity index (χ1) is 21.4. The third-order valence-corrected chi connectivity index (χ3v) is 10.4. The fraction of sp³-hybridized carbons (Fsp3) is 0.562. The average molecular weight is 617 g/mol. The fourth-order valence-electron chi connectivity index (χ4n) is 7.79. The SMILES string of the molecule is CC1CCC(Cn2c(N3CCN(C(=O)C4CC4)[C@@H]4CCC[C@H]43)nc3cc(-c4noc(=O)[nH]4)nc(-c4cncc(Cl)c4)c32)CC1. The Kier molecular flexibility index (Phi) is 6.96. The molecule has 1 saturated heterocycles. The summed E-state index contributed by atoms with van der Waals surface area (Å²) in [6.45, 7) is 4.64. The van der Waals surface area contributed by atoms with E-state index in [1.54, 1.807) is 12.4 Å². The van der Waals surface area contributed by atoms with Gasteiger partial charge in [-0.2, -0.15) is 0 Å². The number of hydrogen-bond donors (Lipinski definition) is 1. The van der Waals surface area contributed by atoms with Gasteiger partial charge in [0.1, 0.15) is 5.69 Å². The minimum Gasteiger partial charge on any atom is -0.336 e. The van der Waals surface area contributed by atoms with Gasteiger partial charge in [-0.05, 0) is 68.9 Å². The van der Waals surface area contributed by atoms with Crippen molar-refractivity contribution in [2.24, 2.45) is 17.8 Å². The van der Waals surface area contributed by atoms with Gasteiger partial charge in [0, 0.05) is 43.5 Å². The van der Waals surface area contributed by atoms with Gasteiger partial charge in [0.05, 0.1) is 33.8 Å². The van der Waals surface area contributed by atoms with Gasteiger partial charge < -0.3 is 14.4 Å². The highest BCUT2D eigenvalue weighted by Crippen LogP contribution is 2.42. The number of hydrogen-bond acceptors (Lipinski definition) is 8. The molecule has 2 atom stereocenters.